The number of ether oxygens (including phenoxy) is 4. The van der Waals surface area contributed by atoms with Crippen LogP contribution in [0.25, 0.3) is 0 Å². The molecule has 0 aromatic heterocycles. The quantitative estimate of drug-likeness (QED) is 0.0195. The maximum atomic E-state index is 13.0. The van der Waals surface area contributed by atoms with Gasteiger partial charge in [-0.25, -0.2) is 0 Å². The molecule has 0 aromatic rings. The van der Waals surface area contributed by atoms with Crippen LogP contribution in [0.4, 0.5) is 0 Å². The van der Waals surface area contributed by atoms with Gasteiger partial charge in [0.2, 0.25) is 0 Å². The topological polar surface area (TPSA) is 111 Å². The molecule has 588 valence electrons. The van der Waals surface area contributed by atoms with Crippen molar-refractivity contribution in [1.82, 2.24) is 0 Å². The van der Waals surface area contributed by atoms with Gasteiger partial charge in [-0.3, -0.25) is 9.59 Å². The number of hydrogen-bond acceptors (Lipinski definition) is 8. The van der Waals surface area contributed by atoms with E-state index in [4.69, 9.17) is 18.9 Å². The predicted octanol–water partition coefficient (Wildman–Crippen LogP) is 26.6. The monoisotopic (exact) mass is 1430 g/mol. The van der Waals surface area contributed by atoms with Gasteiger partial charge in [-0.2, -0.15) is 0 Å². The van der Waals surface area contributed by atoms with Crippen LogP contribution in [0.5, 0.6) is 0 Å². The first-order valence-electron chi connectivity index (χ1n) is 42.6. The number of carboxylic acid groups (broad SMARTS) is 1. The van der Waals surface area contributed by atoms with Crippen molar-refractivity contribution in [1.29, 1.82) is 0 Å². The summed E-state index contributed by atoms with van der Waals surface area (Å²) >= 11 is 0. The van der Waals surface area contributed by atoms with Crippen molar-refractivity contribution in [2.45, 2.75) is 373 Å². The molecule has 0 heterocycles. The molecule has 2 unspecified atom stereocenters. The fourth-order valence-corrected chi connectivity index (χ4v) is 11.8. The van der Waals surface area contributed by atoms with E-state index in [9.17, 15) is 19.5 Å². The molecule has 0 amide bonds. The van der Waals surface area contributed by atoms with Crippen molar-refractivity contribution in [2.24, 2.45) is 0 Å². The van der Waals surface area contributed by atoms with Gasteiger partial charge in [0, 0.05) is 12.8 Å². The number of nitrogens with zero attached hydrogens (tertiary/aromatic N) is 1. The van der Waals surface area contributed by atoms with Crippen molar-refractivity contribution in [3.05, 3.63) is 158 Å². The van der Waals surface area contributed by atoms with Crippen LogP contribution in [0.3, 0.4) is 0 Å². The molecule has 0 fully saturated rings. The number of carbonyl (C=O) groups is 3. The molecule has 2 atom stereocenters. The summed E-state index contributed by atoms with van der Waals surface area (Å²) in [5, 5.41) is 11.9. The number of carbonyl (C=O) groups excluding carboxylic acids is 3. The van der Waals surface area contributed by atoms with Crippen LogP contribution < -0.4 is 5.11 Å². The molecule has 0 saturated heterocycles. The highest BCUT2D eigenvalue weighted by Crippen LogP contribution is 2.19. The van der Waals surface area contributed by atoms with Crippen LogP contribution in [-0.2, 0) is 33.3 Å². The summed E-state index contributed by atoms with van der Waals surface area (Å²) in [6.45, 7) is 4.62. The fraction of sp³-hybridized carbons (Fsp3) is 0.691. The molecule has 0 bridgehead atoms. The van der Waals surface area contributed by atoms with E-state index in [1.54, 1.807) is 0 Å². The lowest BCUT2D eigenvalue weighted by molar-refractivity contribution is -0.870. The zero-order chi connectivity index (χ0) is 74.6. The molecule has 0 radical (unpaired) electrons. The first kappa shape index (κ1) is 97.9. The van der Waals surface area contributed by atoms with E-state index in [2.05, 4.69) is 172 Å². The zero-order valence-corrected chi connectivity index (χ0v) is 67.4. The standard InChI is InChI=1S/C94H159NO8/c1-6-8-10-12-14-16-18-20-22-24-26-28-30-32-34-36-38-40-42-44-46-48-50-52-54-56-58-60-62-64-66-68-70-72-74-76-78-80-82-84-91(96)101-88-90(89-102-94(93(98)99)100-87-86-95(3,4)5)103-92(97)85-83-81-79-77-75-73-71-69-67-65-63-61-59-57-55-53-51-49-47-45-43-41-39-37-35-33-31-29-27-25-23-21-19-17-15-13-11-9-7-2/h9,11,15,17-18,20-21,23-24,26-27,29,33,35,39,41,45,47,51,53,57,59,63,65,69,71,90,94H,6-8,10,12-14,16,19,22,25,28,30-32,34,36-38,40,42-44,46,48-50,52,54-56,58,60-62,64,66-68,70,72-89H2,1-5H3/b11-9-,17-15-,20-18-,23-21-,26-24-,29-27-,35-33-,41-39-,47-45-,53-51-,59-57-,65-63-,71-69-. The number of unbranched alkanes of at least 4 members (excludes halogenated alkanes) is 37. The minimum Gasteiger partial charge on any atom is -0.545 e. The fourth-order valence-electron chi connectivity index (χ4n) is 11.8. The normalized spacial score (nSPS) is 13.4. The third kappa shape index (κ3) is 84.1. The summed E-state index contributed by atoms with van der Waals surface area (Å²) in [5.41, 5.74) is 0. The van der Waals surface area contributed by atoms with Gasteiger partial charge in [0.15, 0.2) is 12.4 Å². The molecular formula is C94H159NO8. The molecule has 9 heteroatoms. The first-order chi connectivity index (χ1) is 50.6. The zero-order valence-electron chi connectivity index (χ0n) is 67.4. The molecule has 0 aliphatic carbocycles. The molecule has 0 spiro atoms. The molecular weight excluding hydrogens is 1270 g/mol. The molecule has 0 N–H and O–H groups in total. The van der Waals surface area contributed by atoms with E-state index in [1.165, 1.54) is 199 Å². The van der Waals surface area contributed by atoms with Crippen molar-refractivity contribution >= 4 is 17.9 Å². The molecule has 0 aliphatic rings. The second-order valence-corrected chi connectivity index (χ2v) is 29.4. The smallest absolute Gasteiger partial charge is 0.306 e. The second-order valence-electron chi connectivity index (χ2n) is 29.4. The molecule has 0 aromatic carbocycles. The largest absolute Gasteiger partial charge is 0.545 e. The highest BCUT2D eigenvalue weighted by Gasteiger charge is 2.22. The number of esters is 2. The highest BCUT2D eigenvalue weighted by atomic mass is 16.7. The van der Waals surface area contributed by atoms with Crippen LogP contribution in [0.1, 0.15) is 361 Å². The van der Waals surface area contributed by atoms with Crippen LogP contribution in [0.2, 0.25) is 0 Å². The van der Waals surface area contributed by atoms with Gasteiger partial charge < -0.3 is 33.3 Å². The minimum atomic E-state index is -1.64. The molecule has 0 saturated carbocycles. The molecule has 0 rings (SSSR count). The number of aliphatic carboxylic acids is 1. The Balaban J connectivity index is 4.07. The number of likely N-dealkylation sites (N-methyl/N-ethyl adjacent to an activating group) is 1. The van der Waals surface area contributed by atoms with Gasteiger partial charge in [-0.1, -0.05) is 377 Å². The average molecular weight is 1430 g/mol. The van der Waals surface area contributed by atoms with E-state index in [0.29, 0.717) is 17.4 Å². The van der Waals surface area contributed by atoms with E-state index >= 15 is 0 Å². The molecule has 9 nitrogen and oxygen atoms in total. The lowest BCUT2D eigenvalue weighted by Gasteiger charge is -2.26. The Kier molecular flexibility index (Phi) is 78.5. The molecule has 103 heavy (non-hydrogen) atoms. The van der Waals surface area contributed by atoms with Crippen LogP contribution in [-0.4, -0.2) is 82.3 Å². The SMILES string of the molecule is CC/C=C\C/C=C\C/C=C\C/C=C\C/C=C\C/C=C\C/C=C\C/C=C\C/C=C\C/C=C\C/C=C\CCCCCCCC(=O)OC(COC(=O)CCCCCCCCCCCCCCCCCCCCCCCCCCCCC/C=C\C/C=C\CCCCCCC)COC(OCC[N+](C)(C)C)C(=O)[O-]. The Morgan fingerprint density at radius 2 is 0.553 bits per heavy atom. The lowest BCUT2D eigenvalue weighted by atomic mass is 10.0. The maximum absolute atomic E-state index is 13.0. The number of quaternary nitrogens is 1. The second kappa shape index (κ2) is 82.6. The van der Waals surface area contributed by atoms with E-state index in [1.807, 2.05) is 21.1 Å². The number of hydrogen-bond donors (Lipinski definition) is 0. The Morgan fingerprint density at radius 1 is 0.301 bits per heavy atom. The van der Waals surface area contributed by atoms with E-state index in [-0.39, 0.29) is 38.6 Å². The van der Waals surface area contributed by atoms with Gasteiger partial charge in [-0.15, -0.1) is 0 Å². The Bertz CT molecular complexity index is 2270. The summed E-state index contributed by atoms with van der Waals surface area (Å²) in [5.74, 6) is -2.31. The van der Waals surface area contributed by atoms with Gasteiger partial charge >= 0.3 is 11.9 Å². The lowest BCUT2D eigenvalue weighted by Crippen LogP contribution is -2.44. The molecule has 0 aliphatic heterocycles. The Hall–Kier alpha value is -5.09. The first-order valence-corrected chi connectivity index (χ1v) is 42.6. The summed E-state index contributed by atoms with van der Waals surface area (Å²) < 4.78 is 22.8. The van der Waals surface area contributed by atoms with E-state index < -0.39 is 24.3 Å². The predicted molar refractivity (Wildman–Crippen MR) is 444 cm³/mol. The summed E-state index contributed by atoms with van der Waals surface area (Å²) in [4.78, 5) is 37.6. The van der Waals surface area contributed by atoms with E-state index in [0.717, 1.165) is 128 Å². The highest BCUT2D eigenvalue weighted by molar-refractivity contribution is 5.70. The number of rotatable bonds is 78. The average Bonchev–Trinajstić information content (AvgIpc) is 0.985. The van der Waals surface area contributed by atoms with Gasteiger partial charge in [0.25, 0.3) is 0 Å². The minimum absolute atomic E-state index is 0.138. The van der Waals surface area contributed by atoms with Crippen LogP contribution in [0, 0.1) is 0 Å². The maximum Gasteiger partial charge on any atom is 0.306 e. The van der Waals surface area contributed by atoms with Crippen molar-refractivity contribution in [3.63, 3.8) is 0 Å². The van der Waals surface area contributed by atoms with Gasteiger partial charge in [0.05, 0.1) is 40.3 Å². The van der Waals surface area contributed by atoms with Crippen molar-refractivity contribution < 1.29 is 42.9 Å². The Morgan fingerprint density at radius 3 is 0.825 bits per heavy atom. The summed E-state index contributed by atoms with van der Waals surface area (Å²) in [6.07, 6.45) is 120. The van der Waals surface area contributed by atoms with Gasteiger partial charge in [-0.05, 0) is 128 Å². The third-order valence-electron chi connectivity index (χ3n) is 18.3. The third-order valence-corrected chi connectivity index (χ3v) is 18.3. The van der Waals surface area contributed by atoms with Crippen LogP contribution >= 0.6 is 0 Å². The van der Waals surface area contributed by atoms with Crippen LogP contribution in [0.15, 0.2) is 158 Å². The number of carboxylic acids is 1. The van der Waals surface area contributed by atoms with Crippen molar-refractivity contribution in [3.8, 4) is 0 Å². The summed E-state index contributed by atoms with van der Waals surface area (Å²) in [7, 11) is 5.93. The number of allylic oxidation sites excluding steroid dienone is 26. The summed E-state index contributed by atoms with van der Waals surface area (Å²) in [6, 6.07) is 0. The van der Waals surface area contributed by atoms with Crippen molar-refractivity contribution in [2.75, 3.05) is 47.5 Å². The Labute approximate surface area is 635 Å². The van der Waals surface area contributed by atoms with Gasteiger partial charge in [0.1, 0.15) is 13.2 Å².